The summed E-state index contributed by atoms with van der Waals surface area (Å²) in [5.41, 5.74) is 3.00. The van der Waals surface area contributed by atoms with Gasteiger partial charge >= 0.3 is 0 Å². The second kappa shape index (κ2) is 9.39. The van der Waals surface area contributed by atoms with Gasteiger partial charge in [0, 0.05) is 11.5 Å². The van der Waals surface area contributed by atoms with E-state index in [2.05, 4.69) is 16.6 Å². The van der Waals surface area contributed by atoms with Gasteiger partial charge in [-0.15, -0.1) is 0 Å². The number of ketones is 4. The summed E-state index contributed by atoms with van der Waals surface area (Å²) in [6.07, 6.45) is 0.955. The molecule has 0 bridgehead atoms. The Morgan fingerprint density at radius 2 is 1.87 bits per heavy atom. The highest BCUT2D eigenvalue weighted by molar-refractivity contribution is 7.88. The van der Waals surface area contributed by atoms with Gasteiger partial charge in [-0.3, -0.25) is 28.9 Å². The summed E-state index contributed by atoms with van der Waals surface area (Å²) in [5.74, 6) is -5.89. The van der Waals surface area contributed by atoms with Gasteiger partial charge in [0.1, 0.15) is 5.75 Å². The van der Waals surface area contributed by atoms with Crippen molar-refractivity contribution in [3.05, 3.63) is 28.8 Å². The zero-order chi connectivity index (χ0) is 28.3. The maximum atomic E-state index is 13.7. The first-order valence-corrected chi connectivity index (χ1v) is 13.6. The summed E-state index contributed by atoms with van der Waals surface area (Å²) < 4.78 is 24.8. The van der Waals surface area contributed by atoms with E-state index in [9.17, 15) is 42.6 Å². The van der Waals surface area contributed by atoms with E-state index in [-0.39, 0.29) is 24.9 Å². The van der Waals surface area contributed by atoms with Crippen molar-refractivity contribution < 1.29 is 42.6 Å². The van der Waals surface area contributed by atoms with Crippen molar-refractivity contribution in [3.63, 3.8) is 0 Å². The van der Waals surface area contributed by atoms with Crippen LogP contribution in [0.15, 0.2) is 12.1 Å². The summed E-state index contributed by atoms with van der Waals surface area (Å²) in [5, 5.41) is 22.0. The van der Waals surface area contributed by atoms with Crippen molar-refractivity contribution in [3.8, 4) is 17.6 Å². The number of carbonyl (C=O) groups excluding carboxylic acids is 5. The van der Waals surface area contributed by atoms with Crippen molar-refractivity contribution in [1.29, 1.82) is 0 Å². The normalized spacial score (nSPS) is 30.7. The lowest BCUT2D eigenvalue weighted by atomic mass is 9.52. The van der Waals surface area contributed by atoms with Crippen LogP contribution in [0.2, 0.25) is 0 Å². The Morgan fingerprint density at radius 3 is 2.45 bits per heavy atom. The number of nitrogens with one attached hydrogen (secondary N) is 1. The van der Waals surface area contributed by atoms with Gasteiger partial charge in [0.15, 0.2) is 34.7 Å². The predicted octanol–water partition coefficient (Wildman–Crippen LogP) is -2.23. The average molecular weight is 546 g/mol. The first kappa shape index (κ1) is 27.6. The lowest BCUT2D eigenvalue weighted by Gasteiger charge is -2.52. The minimum Gasteiger partial charge on any atom is -0.507 e. The van der Waals surface area contributed by atoms with E-state index in [1.165, 1.54) is 31.1 Å². The number of phenols is 1. The van der Waals surface area contributed by atoms with E-state index in [1.807, 2.05) is 0 Å². The van der Waals surface area contributed by atoms with Gasteiger partial charge in [0.2, 0.25) is 15.9 Å². The number of aromatic hydroxyl groups is 1. The van der Waals surface area contributed by atoms with E-state index < -0.39 is 80.1 Å². The molecule has 0 heterocycles. The minimum absolute atomic E-state index is 0.0593. The summed E-state index contributed by atoms with van der Waals surface area (Å²) in [6, 6.07) is 1.48. The van der Waals surface area contributed by atoms with Gasteiger partial charge < -0.3 is 15.9 Å². The predicted molar refractivity (Wildman–Crippen MR) is 131 cm³/mol. The maximum absolute atomic E-state index is 13.7. The molecule has 13 heteroatoms. The summed E-state index contributed by atoms with van der Waals surface area (Å²) >= 11 is 0. The Labute approximate surface area is 218 Å². The van der Waals surface area contributed by atoms with Crippen LogP contribution in [0, 0.1) is 35.5 Å². The van der Waals surface area contributed by atoms with E-state index in [1.54, 1.807) is 0 Å². The maximum Gasteiger partial charge on any atom is 0.235 e. The number of carbonyl (C=O) groups is 5. The zero-order valence-electron chi connectivity index (χ0n) is 20.8. The molecule has 0 aromatic heterocycles. The van der Waals surface area contributed by atoms with Gasteiger partial charge in [-0.2, -0.15) is 0 Å². The molecule has 1 aromatic rings. The lowest BCUT2D eigenvalue weighted by Crippen LogP contribution is -2.74. The average Bonchev–Trinajstić information content (AvgIpc) is 2.79. The van der Waals surface area contributed by atoms with Gasteiger partial charge in [-0.05, 0) is 50.6 Å². The first-order chi connectivity index (χ1) is 17.6. The van der Waals surface area contributed by atoms with Crippen LogP contribution in [0.3, 0.4) is 0 Å². The molecular weight excluding hydrogens is 518 g/mol. The lowest BCUT2D eigenvalue weighted by molar-refractivity contribution is -0.181. The number of Topliss-reactive ketones (excluding diaryl/α,β-unsaturated/α-hetero) is 4. The fourth-order valence-corrected chi connectivity index (χ4v) is 6.36. The number of aliphatic hydroxyl groups is 1. The standard InChI is InChI=1S/C25H27N3O9S/c1-28(2)19-14-10-12-9-13-11(5-4-8-27-38(3,36)37)6-7-15(29)17(13)20(30)16(12)22(32)25(14,35)23(33)18(21(19)31)24(26)34/h6-7,12,14,16,18-19,27,29,35H,8-10H2,1-3H3,(H2,26,34)/t12-,14-,16?,18?,19-,25-/m0/s1. The van der Waals surface area contributed by atoms with Gasteiger partial charge in [-0.1, -0.05) is 11.8 Å². The fraction of sp³-hybridized carbons (Fsp3) is 0.480. The molecule has 1 amide bonds. The van der Waals surface area contributed by atoms with E-state index in [0.717, 1.165) is 6.26 Å². The molecule has 3 aliphatic carbocycles. The molecule has 4 rings (SSSR count). The Hall–Kier alpha value is -3.44. The molecule has 6 atom stereocenters. The van der Waals surface area contributed by atoms with Gasteiger partial charge in [0.05, 0.1) is 30.3 Å². The van der Waals surface area contributed by atoms with E-state index >= 15 is 0 Å². The molecule has 202 valence electrons. The van der Waals surface area contributed by atoms with Crippen LogP contribution >= 0.6 is 0 Å². The summed E-state index contributed by atoms with van der Waals surface area (Å²) in [7, 11) is -0.467. The molecule has 12 nitrogen and oxygen atoms in total. The van der Waals surface area contributed by atoms with E-state index in [0.29, 0.717) is 11.1 Å². The minimum atomic E-state index is -3.48. The second-order valence-corrected chi connectivity index (χ2v) is 12.0. The smallest absolute Gasteiger partial charge is 0.235 e. The third-order valence-corrected chi connectivity index (χ3v) is 8.26. The molecule has 38 heavy (non-hydrogen) atoms. The third-order valence-electron chi connectivity index (χ3n) is 7.59. The number of likely N-dealkylation sites (N-methyl/N-ethyl adjacent to an activating group) is 1. The quantitative estimate of drug-likeness (QED) is 0.237. The molecule has 0 radical (unpaired) electrons. The molecule has 2 saturated carbocycles. The number of rotatable bonds is 4. The highest BCUT2D eigenvalue weighted by Crippen LogP contribution is 2.50. The SMILES string of the molecule is CN(C)[C@@H]1C(=O)C(C(N)=O)C(=O)[C@@]2(O)C(=O)C3C(=O)c4c(O)ccc(C#CCNS(C)(=O)=O)c4C[C@H]3C[C@@H]12. The second-order valence-electron chi connectivity index (χ2n) is 10.2. The van der Waals surface area contributed by atoms with Crippen LogP contribution in [0.1, 0.15) is 27.9 Å². The topological polar surface area (TPSA) is 201 Å². The molecule has 2 fully saturated rings. The molecule has 0 aliphatic heterocycles. The van der Waals surface area contributed by atoms with Crippen LogP contribution in [-0.4, -0.2) is 91.1 Å². The van der Waals surface area contributed by atoms with Crippen molar-refractivity contribution in [2.75, 3.05) is 26.9 Å². The number of hydrogen-bond acceptors (Lipinski definition) is 10. The Bertz CT molecular complexity index is 1460. The van der Waals surface area contributed by atoms with Crippen LogP contribution in [0.4, 0.5) is 0 Å². The number of hydrogen-bond donors (Lipinski definition) is 4. The number of nitrogens with two attached hydrogens (primary N) is 1. The Balaban J connectivity index is 1.80. The molecule has 5 N–H and O–H groups in total. The monoisotopic (exact) mass is 545 g/mol. The number of benzene rings is 1. The first-order valence-electron chi connectivity index (χ1n) is 11.7. The number of sulfonamides is 1. The molecule has 2 unspecified atom stereocenters. The molecule has 1 aromatic carbocycles. The number of phenolic OH excluding ortho intramolecular Hbond substituents is 1. The van der Waals surface area contributed by atoms with E-state index in [4.69, 9.17) is 5.73 Å². The van der Waals surface area contributed by atoms with Crippen molar-refractivity contribution in [1.82, 2.24) is 9.62 Å². The molecule has 3 aliphatic rings. The summed E-state index contributed by atoms with van der Waals surface area (Å²) in [4.78, 5) is 67.1. The highest BCUT2D eigenvalue weighted by atomic mass is 32.2. The molecule has 0 saturated heterocycles. The van der Waals surface area contributed by atoms with Crippen LogP contribution < -0.4 is 10.5 Å². The zero-order valence-corrected chi connectivity index (χ0v) is 21.7. The number of fused-ring (bicyclic) bond motifs is 3. The van der Waals surface area contributed by atoms with Crippen LogP contribution in [-0.2, 0) is 35.6 Å². The summed E-state index contributed by atoms with van der Waals surface area (Å²) in [6.45, 7) is -0.197. The van der Waals surface area contributed by atoms with Crippen LogP contribution in [0.5, 0.6) is 5.75 Å². The number of amides is 1. The molecule has 0 spiro atoms. The Kier molecular flexibility index (Phi) is 6.82. The van der Waals surface area contributed by atoms with Crippen molar-refractivity contribution >= 4 is 39.1 Å². The number of primary amides is 1. The van der Waals surface area contributed by atoms with Gasteiger partial charge in [0.25, 0.3) is 0 Å². The Morgan fingerprint density at radius 1 is 1.21 bits per heavy atom. The van der Waals surface area contributed by atoms with Crippen LogP contribution in [0.25, 0.3) is 0 Å². The van der Waals surface area contributed by atoms with Crippen molar-refractivity contribution in [2.45, 2.75) is 24.5 Å². The largest absolute Gasteiger partial charge is 0.507 e. The highest BCUT2D eigenvalue weighted by Gasteiger charge is 2.69. The number of nitrogens with zero attached hydrogens (tertiary/aromatic N) is 1. The van der Waals surface area contributed by atoms with Crippen molar-refractivity contribution in [2.24, 2.45) is 29.4 Å². The molecular formula is C25H27N3O9S. The third kappa shape index (κ3) is 4.23. The fourth-order valence-electron chi connectivity index (χ4n) is 6.03. The van der Waals surface area contributed by atoms with Gasteiger partial charge in [-0.25, -0.2) is 13.1 Å².